The van der Waals surface area contributed by atoms with E-state index in [-0.39, 0.29) is 0 Å². The predicted octanol–water partition coefficient (Wildman–Crippen LogP) is 3.04. The largest absolute Gasteiger partial charge is 0.389 e. The molecular formula is C15H23N3S. The molecule has 3 nitrogen and oxygen atoms in total. The summed E-state index contributed by atoms with van der Waals surface area (Å²) in [7, 11) is 0. The maximum atomic E-state index is 5.75. The average molecular weight is 277 g/mol. The molecule has 1 saturated carbocycles. The SMILES string of the molecule is Cc1cc(C(N)=S)cc(N(CCC(C)C)C2CC2)n1. The van der Waals surface area contributed by atoms with E-state index in [1.807, 2.05) is 19.1 Å². The highest BCUT2D eigenvalue weighted by Gasteiger charge is 2.30. The Balaban J connectivity index is 2.23. The fourth-order valence-corrected chi connectivity index (χ4v) is 2.33. The van der Waals surface area contributed by atoms with Gasteiger partial charge in [0.15, 0.2) is 0 Å². The average Bonchev–Trinajstić information content (AvgIpc) is 3.12. The summed E-state index contributed by atoms with van der Waals surface area (Å²) in [6.45, 7) is 7.58. The molecule has 19 heavy (non-hydrogen) atoms. The second-order valence-corrected chi connectivity index (χ2v) is 6.27. The number of hydrogen-bond acceptors (Lipinski definition) is 3. The molecule has 4 heteroatoms. The maximum absolute atomic E-state index is 5.75. The standard InChI is InChI=1S/C15H23N3S/c1-10(2)6-7-18(13-4-5-13)14-9-12(15(16)19)8-11(3)17-14/h8-10,13H,4-7H2,1-3H3,(H2,16,19). The Labute approximate surface area is 121 Å². The molecule has 0 spiro atoms. The summed E-state index contributed by atoms with van der Waals surface area (Å²) < 4.78 is 0. The Bertz CT molecular complexity index is 466. The van der Waals surface area contributed by atoms with Crippen LogP contribution in [-0.4, -0.2) is 22.6 Å². The van der Waals surface area contributed by atoms with Crippen molar-refractivity contribution in [2.45, 2.75) is 46.1 Å². The van der Waals surface area contributed by atoms with Crippen molar-refractivity contribution in [1.82, 2.24) is 4.98 Å². The maximum Gasteiger partial charge on any atom is 0.129 e. The van der Waals surface area contributed by atoms with Crippen LogP contribution < -0.4 is 10.6 Å². The number of anilines is 1. The van der Waals surface area contributed by atoms with E-state index in [2.05, 4.69) is 23.7 Å². The lowest BCUT2D eigenvalue weighted by atomic mass is 10.1. The number of aromatic nitrogens is 1. The molecule has 1 aromatic heterocycles. The molecular weight excluding hydrogens is 254 g/mol. The highest BCUT2D eigenvalue weighted by Crippen LogP contribution is 2.31. The molecule has 0 aliphatic heterocycles. The van der Waals surface area contributed by atoms with Crippen LogP contribution in [0.1, 0.15) is 44.4 Å². The fraction of sp³-hybridized carbons (Fsp3) is 0.600. The molecule has 2 rings (SSSR count). The summed E-state index contributed by atoms with van der Waals surface area (Å²) in [4.78, 5) is 7.54. The molecule has 0 radical (unpaired) electrons. The van der Waals surface area contributed by atoms with Crippen LogP contribution in [-0.2, 0) is 0 Å². The Hall–Kier alpha value is -1.16. The zero-order chi connectivity index (χ0) is 14.0. The molecule has 1 aliphatic rings. The lowest BCUT2D eigenvalue weighted by Gasteiger charge is -2.25. The summed E-state index contributed by atoms with van der Waals surface area (Å²) in [6.07, 6.45) is 3.74. The van der Waals surface area contributed by atoms with E-state index in [9.17, 15) is 0 Å². The number of rotatable bonds is 6. The lowest BCUT2D eigenvalue weighted by molar-refractivity contribution is 0.568. The minimum absolute atomic E-state index is 0.450. The van der Waals surface area contributed by atoms with Gasteiger partial charge in [-0.05, 0) is 44.2 Å². The van der Waals surface area contributed by atoms with E-state index < -0.39 is 0 Å². The van der Waals surface area contributed by atoms with Gasteiger partial charge in [0.05, 0.1) is 0 Å². The van der Waals surface area contributed by atoms with Crippen molar-refractivity contribution in [3.63, 3.8) is 0 Å². The molecule has 0 atom stereocenters. The van der Waals surface area contributed by atoms with E-state index in [0.29, 0.717) is 16.9 Å². The van der Waals surface area contributed by atoms with E-state index >= 15 is 0 Å². The number of nitrogens with two attached hydrogens (primary N) is 1. The number of hydrogen-bond donors (Lipinski definition) is 1. The second kappa shape index (κ2) is 5.87. The normalized spacial score (nSPS) is 14.7. The van der Waals surface area contributed by atoms with Gasteiger partial charge >= 0.3 is 0 Å². The second-order valence-electron chi connectivity index (χ2n) is 5.83. The van der Waals surface area contributed by atoms with Gasteiger partial charge in [0, 0.05) is 23.8 Å². The molecule has 0 saturated heterocycles. The van der Waals surface area contributed by atoms with E-state index in [0.717, 1.165) is 23.6 Å². The molecule has 1 aliphatic carbocycles. The van der Waals surface area contributed by atoms with Crippen molar-refractivity contribution < 1.29 is 0 Å². The molecule has 104 valence electrons. The molecule has 1 heterocycles. The number of aryl methyl sites for hydroxylation is 1. The van der Waals surface area contributed by atoms with Crippen LogP contribution in [0.2, 0.25) is 0 Å². The fourth-order valence-electron chi connectivity index (χ4n) is 2.21. The van der Waals surface area contributed by atoms with E-state index in [4.69, 9.17) is 18.0 Å². The summed E-state index contributed by atoms with van der Waals surface area (Å²) in [5, 5.41) is 0. The van der Waals surface area contributed by atoms with Crippen LogP contribution in [0.25, 0.3) is 0 Å². The molecule has 0 unspecified atom stereocenters. The third-order valence-electron chi connectivity index (χ3n) is 3.45. The van der Waals surface area contributed by atoms with Crippen LogP contribution in [0, 0.1) is 12.8 Å². The smallest absolute Gasteiger partial charge is 0.129 e. The Kier molecular flexibility index (Phi) is 4.40. The van der Waals surface area contributed by atoms with Crippen LogP contribution in [0.15, 0.2) is 12.1 Å². The minimum atomic E-state index is 0.450. The van der Waals surface area contributed by atoms with Gasteiger partial charge in [0.25, 0.3) is 0 Å². The quantitative estimate of drug-likeness (QED) is 0.812. The van der Waals surface area contributed by atoms with E-state index in [1.165, 1.54) is 19.3 Å². The van der Waals surface area contributed by atoms with Gasteiger partial charge in [0.2, 0.25) is 0 Å². The van der Waals surface area contributed by atoms with Crippen LogP contribution in [0.4, 0.5) is 5.82 Å². The van der Waals surface area contributed by atoms with Crippen molar-refractivity contribution >= 4 is 23.0 Å². The summed E-state index contributed by atoms with van der Waals surface area (Å²) in [6, 6.07) is 4.65. The van der Waals surface area contributed by atoms with E-state index in [1.54, 1.807) is 0 Å². The van der Waals surface area contributed by atoms with Crippen molar-refractivity contribution in [2.24, 2.45) is 11.7 Å². The molecule has 1 aromatic rings. The summed E-state index contributed by atoms with van der Waals surface area (Å²) >= 11 is 5.09. The first kappa shape index (κ1) is 14.3. The molecule has 2 N–H and O–H groups in total. The summed E-state index contributed by atoms with van der Waals surface area (Å²) in [5.74, 6) is 1.74. The van der Waals surface area contributed by atoms with Crippen molar-refractivity contribution in [2.75, 3.05) is 11.4 Å². The molecule has 0 amide bonds. The highest BCUT2D eigenvalue weighted by molar-refractivity contribution is 7.80. The first-order valence-corrected chi connectivity index (χ1v) is 7.43. The first-order chi connectivity index (χ1) is 8.97. The van der Waals surface area contributed by atoms with Gasteiger partial charge in [-0.1, -0.05) is 26.1 Å². The van der Waals surface area contributed by atoms with Gasteiger partial charge in [-0.2, -0.15) is 0 Å². The number of thiocarbonyl (C=S) groups is 1. The predicted molar refractivity (Wildman–Crippen MR) is 84.7 cm³/mol. The zero-order valence-electron chi connectivity index (χ0n) is 12.0. The van der Waals surface area contributed by atoms with Crippen molar-refractivity contribution in [3.8, 4) is 0 Å². The monoisotopic (exact) mass is 277 g/mol. The van der Waals surface area contributed by atoms with Gasteiger partial charge < -0.3 is 10.6 Å². The van der Waals surface area contributed by atoms with Crippen molar-refractivity contribution in [3.05, 3.63) is 23.4 Å². The Morgan fingerprint density at radius 1 is 1.47 bits per heavy atom. The van der Waals surface area contributed by atoms with Crippen LogP contribution in [0.3, 0.4) is 0 Å². The molecule has 0 aromatic carbocycles. The van der Waals surface area contributed by atoms with Gasteiger partial charge in [-0.15, -0.1) is 0 Å². The topological polar surface area (TPSA) is 42.1 Å². The zero-order valence-corrected chi connectivity index (χ0v) is 12.8. The number of nitrogens with zero attached hydrogens (tertiary/aromatic N) is 2. The highest BCUT2D eigenvalue weighted by atomic mass is 32.1. The van der Waals surface area contributed by atoms with Gasteiger partial charge in [-0.3, -0.25) is 0 Å². The van der Waals surface area contributed by atoms with Gasteiger partial charge in [0.1, 0.15) is 10.8 Å². The third-order valence-corrected chi connectivity index (χ3v) is 3.69. The minimum Gasteiger partial charge on any atom is -0.389 e. The number of pyridine rings is 1. The van der Waals surface area contributed by atoms with Crippen LogP contribution in [0.5, 0.6) is 0 Å². The third kappa shape index (κ3) is 3.90. The van der Waals surface area contributed by atoms with Crippen molar-refractivity contribution in [1.29, 1.82) is 0 Å². The lowest BCUT2D eigenvalue weighted by Crippen LogP contribution is -2.29. The van der Waals surface area contributed by atoms with Crippen LogP contribution >= 0.6 is 12.2 Å². The van der Waals surface area contributed by atoms with Gasteiger partial charge in [-0.25, -0.2) is 4.98 Å². The Morgan fingerprint density at radius 2 is 2.16 bits per heavy atom. The Morgan fingerprint density at radius 3 is 2.68 bits per heavy atom. The molecule has 1 fully saturated rings. The first-order valence-electron chi connectivity index (χ1n) is 7.02. The summed E-state index contributed by atoms with van der Waals surface area (Å²) in [5.41, 5.74) is 7.66. The molecule has 0 bridgehead atoms.